The number of H-pyrrole nitrogens is 1. The lowest BCUT2D eigenvalue weighted by atomic mass is 10.2. The van der Waals surface area contributed by atoms with Crippen LogP contribution in [0, 0.1) is 13.8 Å². The molecule has 0 spiro atoms. The largest absolute Gasteiger partial charge is 0.362 e. The molecule has 0 bridgehead atoms. The number of aromatic nitrogens is 1. The number of hydrogen-bond donors (Lipinski definition) is 1. The summed E-state index contributed by atoms with van der Waals surface area (Å²) in [4.78, 5) is 3.01. The quantitative estimate of drug-likeness (QED) is 0.693. The summed E-state index contributed by atoms with van der Waals surface area (Å²) in [5.74, 6) is -0.349. The first-order chi connectivity index (χ1) is 5.52. The topological polar surface area (TPSA) is 15.8 Å². The van der Waals surface area contributed by atoms with Crippen LogP contribution in [0.1, 0.15) is 23.9 Å². The summed E-state index contributed by atoms with van der Waals surface area (Å²) in [6, 6.07) is 1.75. The zero-order valence-electron chi connectivity index (χ0n) is 7.33. The van der Waals surface area contributed by atoms with E-state index in [-0.39, 0.29) is 10.9 Å². The van der Waals surface area contributed by atoms with Gasteiger partial charge in [0.05, 0.1) is 5.03 Å². The molecule has 0 fully saturated rings. The molecule has 12 heavy (non-hydrogen) atoms. The fourth-order valence-corrected chi connectivity index (χ4v) is 1.24. The molecule has 0 unspecified atom stereocenters. The van der Waals surface area contributed by atoms with Crippen molar-refractivity contribution in [3.8, 4) is 0 Å². The van der Waals surface area contributed by atoms with E-state index in [4.69, 9.17) is 11.6 Å². The first-order valence-electron chi connectivity index (χ1n) is 3.71. The van der Waals surface area contributed by atoms with Crippen LogP contribution < -0.4 is 0 Å². The van der Waals surface area contributed by atoms with Crippen LogP contribution in [0.3, 0.4) is 0 Å². The fourth-order valence-electron chi connectivity index (χ4n) is 1.14. The van der Waals surface area contributed by atoms with Crippen molar-refractivity contribution in [1.29, 1.82) is 0 Å². The van der Waals surface area contributed by atoms with Gasteiger partial charge in [-0.05, 0) is 26.8 Å². The van der Waals surface area contributed by atoms with E-state index in [1.54, 1.807) is 13.0 Å². The van der Waals surface area contributed by atoms with Gasteiger partial charge in [0.2, 0.25) is 0 Å². The molecular formula is C9H11ClFN. The molecule has 66 valence electrons. The Morgan fingerprint density at radius 1 is 1.50 bits per heavy atom. The third-order valence-corrected chi connectivity index (χ3v) is 1.85. The van der Waals surface area contributed by atoms with Crippen LogP contribution in [0.25, 0.3) is 5.83 Å². The predicted octanol–water partition coefficient (Wildman–Crippen LogP) is 3.53. The monoisotopic (exact) mass is 187 g/mol. The SMILES string of the molecule is C/C(Cl)=C(/F)c1cc(C)[nH]c1C. The Morgan fingerprint density at radius 3 is 2.42 bits per heavy atom. The molecule has 0 radical (unpaired) electrons. The van der Waals surface area contributed by atoms with E-state index < -0.39 is 0 Å². The van der Waals surface area contributed by atoms with Gasteiger partial charge in [0.25, 0.3) is 0 Å². The molecule has 1 aromatic heterocycles. The summed E-state index contributed by atoms with van der Waals surface area (Å²) in [5, 5.41) is 0.192. The van der Waals surface area contributed by atoms with Crippen LogP contribution in [0.15, 0.2) is 11.1 Å². The first-order valence-corrected chi connectivity index (χ1v) is 4.08. The number of rotatable bonds is 1. The van der Waals surface area contributed by atoms with Gasteiger partial charge in [-0.25, -0.2) is 4.39 Å². The van der Waals surface area contributed by atoms with Gasteiger partial charge in [-0.1, -0.05) is 11.6 Å². The average Bonchev–Trinajstić information content (AvgIpc) is 2.28. The molecule has 0 aliphatic rings. The maximum absolute atomic E-state index is 13.3. The van der Waals surface area contributed by atoms with Crippen LogP contribution >= 0.6 is 11.6 Å². The Bertz CT molecular complexity index is 321. The molecule has 1 N–H and O–H groups in total. The highest BCUT2D eigenvalue weighted by atomic mass is 35.5. The maximum Gasteiger partial charge on any atom is 0.146 e. The summed E-state index contributed by atoms with van der Waals surface area (Å²) in [6.45, 7) is 5.24. The minimum absolute atomic E-state index is 0.192. The second kappa shape index (κ2) is 3.31. The Hall–Kier alpha value is -0.760. The van der Waals surface area contributed by atoms with Gasteiger partial charge in [-0.15, -0.1) is 0 Å². The van der Waals surface area contributed by atoms with Gasteiger partial charge in [-0.2, -0.15) is 0 Å². The van der Waals surface area contributed by atoms with E-state index in [0.29, 0.717) is 5.56 Å². The molecule has 1 rings (SSSR count). The molecular weight excluding hydrogens is 177 g/mol. The molecule has 3 heteroatoms. The molecule has 0 amide bonds. The Balaban J connectivity index is 3.20. The standard InChI is InChI=1S/C9H11ClFN/c1-5-4-8(7(3)12-5)9(11)6(2)10/h4,12H,1-3H3/b9-6-. The number of hydrogen-bond acceptors (Lipinski definition) is 0. The molecule has 0 saturated heterocycles. The smallest absolute Gasteiger partial charge is 0.146 e. The number of aryl methyl sites for hydroxylation is 2. The predicted molar refractivity (Wildman–Crippen MR) is 49.8 cm³/mol. The summed E-state index contributed by atoms with van der Waals surface area (Å²) >= 11 is 5.53. The zero-order chi connectivity index (χ0) is 9.30. The van der Waals surface area contributed by atoms with Gasteiger partial charge in [-0.3, -0.25) is 0 Å². The highest BCUT2D eigenvalue weighted by Crippen LogP contribution is 2.25. The molecule has 1 heterocycles. The minimum atomic E-state index is -0.349. The van der Waals surface area contributed by atoms with Crippen molar-refractivity contribution in [2.75, 3.05) is 0 Å². The molecule has 1 nitrogen and oxygen atoms in total. The van der Waals surface area contributed by atoms with Crippen LogP contribution in [0.2, 0.25) is 0 Å². The second-order valence-corrected chi connectivity index (χ2v) is 3.41. The van der Waals surface area contributed by atoms with Crippen LogP contribution in [-0.4, -0.2) is 4.98 Å². The lowest BCUT2D eigenvalue weighted by molar-refractivity contribution is 0.754. The van der Waals surface area contributed by atoms with E-state index in [0.717, 1.165) is 11.4 Å². The van der Waals surface area contributed by atoms with E-state index >= 15 is 0 Å². The number of halogens is 2. The molecule has 0 aliphatic heterocycles. The van der Waals surface area contributed by atoms with Gasteiger partial charge in [0.1, 0.15) is 5.83 Å². The Kier molecular flexibility index (Phi) is 2.58. The van der Waals surface area contributed by atoms with Crippen molar-refractivity contribution in [2.24, 2.45) is 0 Å². The third-order valence-electron chi connectivity index (χ3n) is 1.69. The average molecular weight is 188 g/mol. The minimum Gasteiger partial charge on any atom is -0.362 e. The van der Waals surface area contributed by atoms with E-state index in [2.05, 4.69) is 4.98 Å². The van der Waals surface area contributed by atoms with Crippen LogP contribution in [0.5, 0.6) is 0 Å². The van der Waals surface area contributed by atoms with Gasteiger partial charge < -0.3 is 4.98 Å². The number of nitrogens with one attached hydrogen (secondary N) is 1. The first kappa shape index (κ1) is 9.33. The van der Waals surface area contributed by atoms with Gasteiger partial charge in [0.15, 0.2) is 0 Å². The zero-order valence-corrected chi connectivity index (χ0v) is 8.09. The summed E-state index contributed by atoms with van der Waals surface area (Å²) < 4.78 is 13.3. The van der Waals surface area contributed by atoms with Crippen molar-refractivity contribution in [3.05, 3.63) is 28.0 Å². The Labute approximate surface area is 76.2 Å². The molecule has 0 saturated carbocycles. The lowest BCUT2D eigenvalue weighted by Gasteiger charge is -1.95. The fraction of sp³-hybridized carbons (Fsp3) is 0.333. The number of allylic oxidation sites excluding steroid dienone is 1. The highest BCUT2D eigenvalue weighted by molar-refractivity contribution is 6.31. The molecule has 0 aliphatic carbocycles. The van der Waals surface area contributed by atoms with Crippen LogP contribution in [0.4, 0.5) is 4.39 Å². The summed E-state index contributed by atoms with van der Waals surface area (Å²) in [6.07, 6.45) is 0. The van der Waals surface area contributed by atoms with Crippen molar-refractivity contribution in [3.63, 3.8) is 0 Å². The summed E-state index contributed by atoms with van der Waals surface area (Å²) in [5.41, 5.74) is 2.31. The second-order valence-electron chi connectivity index (χ2n) is 2.84. The molecule has 1 aromatic rings. The van der Waals surface area contributed by atoms with Crippen molar-refractivity contribution < 1.29 is 4.39 Å². The van der Waals surface area contributed by atoms with Crippen molar-refractivity contribution >= 4 is 17.4 Å². The van der Waals surface area contributed by atoms with Gasteiger partial charge >= 0.3 is 0 Å². The lowest BCUT2D eigenvalue weighted by Crippen LogP contribution is -1.80. The summed E-state index contributed by atoms with van der Waals surface area (Å²) in [7, 11) is 0. The van der Waals surface area contributed by atoms with Crippen molar-refractivity contribution in [2.45, 2.75) is 20.8 Å². The van der Waals surface area contributed by atoms with E-state index in [9.17, 15) is 4.39 Å². The maximum atomic E-state index is 13.3. The van der Waals surface area contributed by atoms with Gasteiger partial charge in [0, 0.05) is 17.0 Å². The Morgan fingerprint density at radius 2 is 2.08 bits per heavy atom. The highest BCUT2D eigenvalue weighted by Gasteiger charge is 2.08. The van der Waals surface area contributed by atoms with Crippen LogP contribution in [-0.2, 0) is 0 Å². The van der Waals surface area contributed by atoms with Crippen molar-refractivity contribution in [1.82, 2.24) is 4.98 Å². The number of aromatic amines is 1. The van der Waals surface area contributed by atoms with E-state index in [1.807, 2.05) is 13.8 Å². The molecule has 0 atom stereocenters. The normalized spacial score (nSPS) is 13.1. The third kappa shape index (κ3) is 1.69. The molecule has 0 aromatic carbocycles. The van der Waals surface area contributed by atoms with E-state index in [1.165, 1.54) is 0 Å².